The van der Waals surface area contributed by atoms with Gasteiger partial charge in [0.25, 0.3) is 0 Å². The summed E-state index contributed by atoms with van der Waals surface area (Å²) < 4.78 is 5.76. The number of hydrogen-bond acceptors (Lipinski definition) is 5. The van der Waals surface area contributed by atoms with Gasteiger partial charge in [-0.25, -0.2) is 0 Å². The molecule has 3 atom stereocenters. The normalized spacial score (nSPS) is 23.6. The molecule has 170 valence electrons. The Kier molecular flexibility index (Phi) is 6.84. The summed E-state index contributed by atoms with van der Waals surface area (Å²) in [5.41, 5.74) is 5.45. The molecule has 0 spiro atoms. The van der Waals surface area contributed by atoms with Gasteiger partial charge in [-0.05, 0) is 53.3 Å². The van der Waals surface area contributed by atoms with E-state index in [4.69, 9.17) is 4.74 Å². The van der Waals surface area contributed by atoms with Crippen molar-refractivity contribution < 1.29 is 20.1 Å². The van der Waals surface area contributed by atoms with Gasteiger partial charge in [-0.15, -0.1) is 11.3 Å². The molecule has 0 saturated carbocycles. The maximum absolute atomic E-state index is 11.1. The first kappa shape index (κ1) is 23.1. The highest BCUT2D eigenvalue weighted by Crippen LogP contribution is 2.37. The second-order valence-electron chi connectivity index (χ2n) is 9.16. The Morgan fingerprint density at radius 1 is 1.09 bits per heavy atom. The van der Waals surface area contributed by atoms with Crippen LogP contribution < -0.4 is 0 Å². The zero-order chi connectivity index (χ0) is 22.9. The van der Waals surface area contributed by atoms with E-state index in [0.717, 1.165) is 17.5 Å². The van der Waals surface area contributed by atoms with Crippen molar-refractivity contribution in [2.24, 2.45) is 0 Å². The number of benzene rings is 2. The predicted octanol–water partition coefficient (Wildman–Crippen LogP) is 5.12. The number of ether oxygens (including phenoxy) is 1. The van der Waals surface area contributed by atoms with Crippen molar-refractivity contribution in [1.82, 2.24) is 0 Å². The zero-order valence-corrected chi connectivity index (χ0v) is 19.7. The van der Waals surface area contributed by atoms with Gasteiger partial charge in [0.2, 0.25) is 0 Å². The van der Waals surface area contributed by atoms with E-state index in [0.29, 0.717) is 17.9 Å². The third-order valence-corrected chi connectivity index (χ3v) is 7.44. The molecule has 1 aromatic heterocycles. The van der Waals surface area contributed by atoms with Gasteiger partial charge in [-0.2, -0.15) is 0 Å². The smallest absolute Gasteiger partial charge is 0.195 e. The second-order valence-corrected chi connectivity index (χ2v) is 10.3. The largest absolute Gasteiger partial charge is 0.394 e. The molecule has 3 N–H and O–H groups in total. The molecule has 0 bridgehead atoms. The lowest BCUT2D eigenvalue weighted by atomic mass is 9.90. The molecule has 2 heterocycles. The van der Waals surface area contributed by atoms with E-state index in [2.05, 4.69) is 57.2 Å². The lowest BCUT2D eigenvalue weighted by Gasteiger charge is -2.39. The first-order chi connectivity index (χ1) is 15.3. The van der Waals surface area contributed by atoms with Crippen molar-refractivity contribution in [1.29, 1.82) is 0 Å². The van der Waals surface area contributed by atoms with Gasteiger partial charge < -0.3 is 20.1 Å². The molecule has 0 radical (unpaired) electrons. The Bertz CT molecular complexity index is 1060. The third-order valence-electron chi connectivity index (χ3n) is 6.30. The van der Waals surface area contributed by atoms with Crippen LogP contribution in [0.25, 0.3) is 10.4 Å². The highest BCUT2D eigenvalue weighted by molar-refractivity contribution is 7.15. The minimum atomic E-state index is -1.59. The molecule has 3 aromatic rings. The van der Waals surface area contributed by atoms with E-state index in [1.807, 2.05) is 18.2 Å². The van der Waals surface area contributed by atoms with Crippen LogP contribution in [0.5, 0.6) is 0 Å². The lowest BCUT2D eigenvalue weighted by Crippen LogP contribution is -2.45. The number of thiophene rings is 1. The van der Waals surface area contributed by atoms with Crippen LogP contribution in [0.15, 0.2) is 54.6 Å². The highest BCUT2D eigenvalue weighted by atomic mass is 32.1. The van der Waals surface area contributed by atoms with Crippen molar-refractivity contribution in [3.63, 3.8) is 0 Å². The van der Waals surface area contributed by atoms with Gasteiger partial charge in [-0.3, -0.25) is 0 Å². The minimum absolute atomic E-state index is 0.0987. The number of aryl methyl sites for hydroxylation is 1. The first-order valence-electron chi connectivity index (χ1n) is 11.3. The van der Waals surface area contributed by atoms with Gasteiger partial charge in [0, 0.05) is 34.6 Å². The van der Waals surface area contributed by atoms with Crippen LogP contribution in [-0.2, 0) is 16.9 Å². The molecule has 5 heteroatoms. The Balaban J connectivity index is 1.55. The molecule has 1 aliphatic heterocycles. The van der Waals surface area contributed by atoms with Gasteiger partial charge in [0.15, 0.2) is 5.79 Å². The molecule has 1 saturated heterocycles. The second kappa shape index (κ2) is 9.46. The molecule has 0 aliphatic carbocycles. The van der Waals surface area contributed by atoms with Crippen LogP contribution >= 0.6 is 11.3 Å². The number of rotatable bonds is 6. The first-order valence-corrected chi connectivity index (χ1v) is 12.1. The maximum Gasteiger partial charge on any atom is 0.195 e. The number of aliphatic hydroxyl groups excluding tert-OH is 2. The highest BCUT2D eigenvalue weighted by Gasteiger charge is 2.41. The van der Waals surface area contributed by atoms with Crippen LogP contribution in [0, 0.1) is 6.92 Å². The number of aliphatic hydroxyl groups is 3. The molecule has 4 nitrogen and oxygen atoms in total. The average Bonchev–Trinajstić information content (AvgIpc) is 3.23. The molecule has 1 aliphatic rings. The fourth-order valence-electron chi connectivity index (χ4n) is 4.33. The fraction of sp³-hybridized carbons (Fsp3) is 0.407. The summed E-state index contributed by atoms with van der Waals surface area (Å²) in [4.78, 5) is 2.49. The third kappa shape index (κ3) is 4.98. The molecule has 0 amide bonds. The van der Waals surface area contributed by atoms with E-state index < -0.39 is 18.0 Å². The van der Waals surface area contributed by atoms with Crippen LogP contribution in [0.4, 0.5) is 0 Å². The summed E-state index contributed by atoms with van der Waals surface area (Å²) in [6.45, 7) is 6.24. The molecule has 3 unspecified atom stereocenters. The fourth-order valence-corrected chi connectivity index (χ4v) is 5.37. The van der Waals surface area contributed by atoms with Crippen molar-refractivity contribution in [3.05, 3.63) is 81.7 Å². The van der Waals surface area contributed by atoms with Crippen LogP contribution in [0.1, 0.15) is 59.7 Å². The topological polar surface area (TPSA) is 69.9 Å². The molecule has 32 heavy (non-hydrogen) atoms. The predicted molar refractivity (Wildman–Crippen MR) is 129 cm³/mol. The van der Waals surface area contributed by atoms with Crippen LogP contribution in [-0.4, -0.2) is 34.1 Å². The average molecular weight is 453 g/mol. The van der Waals surface area contributed by atoms with Gasteiger partial charge in [-0.1, -0.05) is 50.2 Å². The number of hydrogen-bond donors (Lipinski definition) is 3. The van der Waals surface area contributed by atoms with Crippen molar-refractivity contribution in [2.75, 3.05) is 6.61 Å². The quantitative estimate of drug-likeness (QED) is 0.486. The monoisotopic (exact) mass is 452 g/mol. The van der Waals surface area contributed by atoms with Crippen molar-refractivity contribution in [3.8, 4) is 10.4 Å². The van der Waals surface area contributed by atoms with Gasteiger partial charge in [0.1, 0.15) is 0 Å². The summed E-state index contributed by atoms with van der Waals surface area (Å²) in [6, 6.07) is 18.9. The van der Waals surface area contributed by atoms with Gasteiger partial charge >= 0.3 is 0 Å². The van der Waals surface area contributed by atoms with E-state index in [1.165, 1.54) is 20.9 Å². The SMILES string of the molecule is Cc1ccc(C2(O)CC(O)CC(CO)O2)cc1Cc1ccc(-c2ccc(C(C)C)cc2)s1. The molecule has 2 aromatic carbocycles. The van der Waals surface area contributed by atoms with Crippen LogP contribution in [0.2, 0.25) is 0 Å². The van der Waals surface area contributed by atoms with Crippen LogP contribution in [0.3, 0.4) is 0 Å². The minimum Gasteiger partial charge on any atom is -0.394 e. The Morgan fingerprint density at radius 2 is 1.84 bits per heavy atom. The Labute approximate surface area is 194 Å². The summed E-state index contributed by atoms with van der Waals surface area (Å²) in [5, 5.41) is 30.8. The van der Waals surface area contributed by atoms with E-state index >= 15 is 0 Å². The van der Waals surface area contributed by atoms with Crippen molar-refractivity contribution >= 4 is 11.3 Å². The van der Waals surface area contributed by atoms with Gasteiger partial charge in [0.05, 0.1) is 18.8 Å². The standard InChI is InChI=1S/C27H32O4S/c1-17(2)19-5-7-20(8-6-19)26-11-10-25(32-26)13-21-12-22(9-4-18(21)3)27(30)15-23(29)14-24(16-28)31-27/h4-12,17,23-24,28-30H,13-16H2,1-3H3. The molecular formula is C27H32O4S. The maximum atomic E-state index is 11.1. The lowest BCUT2D eigenvalue weighted by molar-refractivity contribution is -0.286. The van der Waals surface area contributed by atoms with E-state index in [9.17, 15) is 15.3 Å². The van der Waals surface area contributed by atoms with Crippen molar-refractivity contribution in [2.45, 2.75) is 63.9 Å². The summed E-state index contributed by atoms with van der Waals surface area (Å²) in [6.07, 6.45) is -0.0981. The summed E-state index contributed by atoms with van der Waals surface area (Å²) >= 11 is 1.78. The molecule has 1 fully saturated rings. The van der Waals surface area contributed by atoms with E-state index in [1.54, 1.807) is 11.3 Å². The zero-order valence-electron chi connectivity index (χ0n) is 18.9. The summed E-state index contributed by atoms with van der Waals surface area (Å²) in [7, 11) is 0. The summed E-state index contributed by atoms with van der Waals surface area (Å²) in [5.74, 6) is -1.07. The van der Waals surface area contributed by atoms with E-state index in [-0.39, 0.29) is 13.0 Å². The Hall–Kier alpha value is -2.02. The molecular weight excluding hydrogens is 420 g/mol. The molecule has 4 rings (SSSR count). The Morgan fingerprint density at radius 3 is 2.53 bits per heavy atom.